The summed E-state index contributed by atoms with van der Waals surface area (Å²) in [7, 11) is 0. The van der Waals surface area contributed by atoms with Gasteiger partial charge in [0.1, 0.15) is 37.1 Å². The van der Waals surface area contributed by atoms with Crippen LogP contribution in [0.1, 0.15) is 71.1 Å². The molecule has 1 aliphatic rings. The smallest absolute Gasteiger partial charge is 0.305 e. The number of aliphatic hydroxyl groups excluding tert-OH is 5. The minimum atomic E-state index is -1.55. The van der Waals surface area contributed by atoms with Gasteiger partial charge in [-0.25, -0.2) is 0 Å². The molecule has 0 bridgehead atoms. The first kappa shape index (κ1) is 27.2. The molecule has 1 aliphatic heterocycles. The molecule has 1 fully saturated rings. The van der Waals surface area contributed by atoms with E-state index < -0.39 is 43.4 Å². The van der Waals surface area contributed by atoms with Gasteiger partial charge >= 0.3 is 5.97 Å². The third kappa shape index (κ3) is 10.5. The molecule has 0 spiro atoms. The number of unbranched alkanes of at least 4 members (excludes halogenated alkanes) is 8. The van der Waals surface area contributed by atoms with Gasteiger partial charge in [0.25, 0.3) is 0 Å². The molecule has 9 nitrogen and oxygen atoms in total. The molecule has 5 N–H and O–H groups in total. The van der Waals surface area contributed by atoms with E-state index in [0.717, 1.165) is 19.3 Å². The minimum absolute atomic E-state index is 0.256. The summed E-state index contributed by atoms with van der Waals surface area (Å²) in [6, 6.07) is 0. The van der Waals surface area contributed by atoms with Crippen LogP contribution in [0.2, 0.25) is 0 Å². The summed E-state index contributed by atoms with van der Waals surface area (Å²) < 4.78 is 15.4. The van der Waals surface area contributed by atoms with Crippen molar-refractivity contribution in [3.8, 4) is 0 Å². The Morgan fingerprint density at radius 2 is 1.50 bits per heavy atom. The highest BCUT2D eigenvalue weighted by Crippen LogP contribution is 2.22. The van der Waals surface area contributed by atoms with Crippen molar-refractivity contribution in [2.45, 2.75) is 108 Å². The van der Waals surface area contributed by atoms with Gasteiger partial charge in [-0.1, -0.05) is 58.3 Å². The third-order valence-electron chi connectivity index (χ3n) is 5.22. The Hall–Kier alpha value is -0.810. The van der Waals surface area contributed by atoms with Crippen LogP contribution in [0.25, 0.3) is 0 Å². The molecule has 30 heavy (non-hydrogen) atoms. The zero-order chi connectivity index (χ0) is 22.4. The molecule has 0 amide bonds. The second-order valence-corrected chi connectivity index (χ2v) is 7.95. The predicted octanol–water partition coefficient (Wildman–Crippen LogP) is 0.628. The molecule has 0 aromatic carbocycles. The summed E-state index contributed by atoms with van der Waals surface area (Å²) in [5, 5.41) is 48.3. The lowest BCUT2D eigenvalue weighted by Gasteiger charge is -2.39. The van der Waals surface area contributed by atoms with Gasteiger partial charge in [0.05, 0.1) is 13.2 Å². The topological polar surface area (TPSA) is 146 Å². The average Bonchev–Trinajstić information content (AvgIpc) is 2.74. The number of rotatable bonds is 16. The Balaban J connectivity index is 2.09. The zero-order valence-electron chi connectivity index (χ0n) is 18.0. The maximum Gasteiger partial charge on any atom is 0.305 e. The van der Waals surface area contributed by atoms with Crippen LogP contribution >= 0.6 is 0 Å². The Labute approximate surface area is 179 Å². The van der Waals surface area contributed by atoms with Gasteiger partial charge in [0.2, 0.25) is 0 Å². The van der Waals surface area contributed by atoms with Gasteiger partial charge in [-0.3, -0.25) is 4.79 Å². The number of ether oxygens (including phenoxy) is 3. The Bertz CT molecular complexity index is 446. The van der Waals surface area contributed by atoms with Crippen LogP contribution in [0.4, 0.5) is 0 Å². The number of hydrogen-bond acceptors (Lipinski definition) is 9. The number of carbonyl (C=O) groups excluding carboxylic acids is 1. The lowest BCUT2D eigenvalue weighted by atomic mass is 9.99. The van der Waals surface area contributed by atoms with E-state index in [4.69, 9.17) is 19.3 Å². The quantitative estimate of drug-likeness (QED) is 0.174. The fourth-order valence-corrected chi connectivity index (χ4v) is 3.30. The van der Waals surface area contributed by atoms with Crippen LogP contribution in [0, 0.1) is 0 Å². The van der Waals surface area contributed by atoms with E-state index in [1.165, 1.54) is 38.5 Å². The van der Waals surface area contributed by atoms with Crippen molar-refractivity contribution in [2.24, 2.45) is 0 Å². The molecule has 0 saturated carbocycles. The minimum Gasteiger partial charge on any atom is -0.463 e. The lowest BCUT2D eigenvalue weighted by Crippen LogP contribution is -2.59. The molecule has 178 valence electrons. The van der Waals surface area contributed by atoms with Crippen LogP contribution < -0.4 is 0 Å². The van der Waals surface area contributed by atoms with E-state index in [-0.39, 0.29) is 19.2 Å². The monoisotopic (exact) mass is 436 g/mol. The summed E-state index contributed by atoms with van der Waals surface area (Å²) in [6.07, 6.45) is 2.58. The first-order valence-electron chi connectivity index (χ1n) is 11.2. The van der Waals surface area contributed by atoms with Gasteiger partial charge in [-0.15, -0.1) is 0 Å². The van der Waals surface area contributed by atoms with Gasteiger partial charge in [-0.05, 0) is 6.42 Å². The Morgan fingerprint density at radius 1 is 0.900 bits per heavy atom. The van der Waals surface area contributed by atoms with E-state index in [1.807, 2.05) is 0 Å². The van der Waals surface area contributed by atoms with Crippen molar-refractivity contribution in [3.63, 3.8) is 0 Å². The standard InChI is InChI=1S/C21H40O9/c1-2-3-4-5-6-7-8-9-10-11-17(24)28-13-15(23)14-29-21-20(27)19(26)18(25)16(12-22)30-21/h15-16,18-23,25-27H,2-14H2,1H3/t15?,16-,18-,19+,20-,21-/m1/s1. The van der Waals surface area contributed by atoms with Gasteiger partial charge in [-0.2, -0.15) is 0 Å². The second-order valence-electron chi connectivity index (χ2n) is 7.95. The number of carbonyl (C=O) groups is 1. The SMILES string of the molecule is CCCCCCCCCCCC(=O)OCC(O)CO[C@@H]1O[C@H](CO)[C@@H](O)[C@H](O)[C@H]1O. The summed E-state index contributed by atoms with van der Waals surface area (Å²) in [5.41, 5.74) is 0. The van der Waals surface area contributed by atoms with Crippen molar-refractivity contribution in [1.29, 1.82) is 0 Å². The number of aliphatic hydroxyl groups is 5. The maximum absolute atomic E-state index is 11.7. The van der Waals surface area contributed by atoms with Crippen LogP contribution in [-0.2, 0) is 19.0 Å². The fourth-order valence-electron chi connectivity index (χ4n) is 3.30. The maximum atomic E-state index is 11.7. The van der Waals surface area contributed by atoms with Crippen molar-refractivity contribution >= 4 is 5.97 Å². The molecule has 1 heterocycles. The van der Waals surface area contributed by atoms with E-state index >= 15 is 0 Å². The molecular weight excluding hydrogens is 396 g/mol. The first-order valence-corrected chi connectivity index (χ1v) is 11.2. The largest absolute Gasteiger partial charge is 0.463 e. The molecule has 1 unspecified atom stereocenters. The van der Waals surface area contributed by atoms with Crippen molar-refractivity contribution < 1.29 is 44.5 Å². The van der Waals surface area contributed by atoms with Crippen molar-refractivity contribution in [3.05, 3.63) is 0 Å². The van der Waals surface area contributed by atoms with E-state index in [1.54, 1.807) is 0 Å². The van der Waals surface area contributed by atoms with Crippen molar-refractivity contribution in [2.75, 3.05) is 19.8 Å². The molecule has 0 aromatic heterocycles. The molecule has 1 rings (SSSR count). The number of hydrogen-bond donors (Lipinski definition) is 5. The molecule has 9 heteroatoms. The Kier molecular flexibility index (Phi) is 14.4. The molecule has 0 radical (unpaired) electrons. The predicted molar refractivity (Wildman–Crippen MR) is 109 cm³/mol. The van der Waals surface area contributed by atoms with Crippen LogP contribution in [-0.4, -0.2) is 88.1 Å². The summed E-state index contributed by atoms with van der Waals surface area (Å²) >= 11 is 0. The third-order valence-corrected chi connectivity index (χ3v) is 5.22. The number of esters is 1. The Morgan fingerprint density at radius 3 is 2.10 bits per heavy atom. The molecule has 0 aliphatic carbocycles. The first-order chi connectivity index (χ1) is 14.4. The van der Waals surface area contributed by atoms with E-state index in [9.17, 15) is 25.2 Å². The highest BCUT2D eigenvalue weighted by atomic mass is 16.7. The lowest BCUT2D eigenvalue weighted by molar-refractivity contribution is -0.305. The highest BCUT2D eigenvalue weighted by Gasteiger charge is 2.44. The average molecular weight is 437 g/mol. The van der Waals surface area contributed by atoms with Gasteiger partial charge < -0.3 is 39.7 Å². The van der Waals surface area contributed by atoms with Crippen molar-refractivity contribution in [1.82, 2.24) is 0 Å². The molecule has 0 aromatic rings. The second kappa shape index (κ2) is 15.9. The van der Waals surface area contributed by atoms with E-state index in [0.29, 0.717) is 6.42 Å². The molecular formula is C21H40O9. The normalized spacial score (nSPS) is 27.7. The summed E-state index contributed by atoms with van der Waals surface area (Å²) in [4.78, 5) is 11.7. The van der Waals surface area contributed by atoms with Crippen LogP contribution in [0.3, 0.4) is 0 Å². The van der Waals surface area contributed by atoms with E-state index in [2.05, 4.69) is 6.92 Å². The van der Waals surface area contributed by atoms with Crippen LogP contribution in [0.5, 0.6) is 0 Å². The molecule has 1 saturated heterocycles. The van der Waals surface area contributed by atoms with Crippen LogP contribution in [0.15, 0.2) is 0 Å². The zero-order valence-corrected chi connectivity index (χ0v) is 18.0. The fraction of sp³-hybridized carbons (Fsp3) is 0.952. The highest BCUT2D eigenvalue weighted by molar-refractivity contribution is 5.69. The van der Waals surface area contributed by atoms with Gasteiger partial charge in [0.15, 0.2) is 6.29 Å². The molecule has 6 atom stereocenters. The van der Waals surface area contributed by atoms with Gasteiger partial charge in [0, 0.05) is 6.42 Å². The summed E-state index contributed by atoms with van der Waals surface area (Å²) in [5.74, 6) is -0.384. The summed E-state index contributed by atoms with van der Waals surface area (Å²) in [6.45, 7) is 1.07.